The third-order valence-electron chi connectivity index (χ3n) is 2.67. The zero-order chi connectivity index (χ0) is 11.4. The highest BCUT2D eigenvalue weighted by Crippen LogP contribution is 2.22. The van der Waals surface area contributed by atoms with Crippen LogP contribution in [0.3, 0.4) is 0 Å². The molecule has 1 aliphatic heterocycles. The topological polar surface area (TPSA) is 49.8 Å². The van der Waals surface area contributed by atoms with E-state index in [-0.39, 0.29) is 6.42 Å². The van der Waals surface area contributed by atoms with Crippen molar-refractivity contribution in [3.05, 3.63) is 29.8 Å². The van der Waals surface area contributed by atoms with Crippen LogP contribution in [0.5, 0.6) is 5.75 Å². The fourth-order valence-corrected chi connectivity index (χ4v) is 1.82. The van der Waals surface area contributed by atoms with Gasteiger partial charge in [-0.25, -0.2) is 0 Å². The van der Waals surface area contributed by atoms with Gasteiger partial charge in [-0.2, -0.15) is 0 Å². The highest BCUT2D eigenvalue weighted by Gasteiger charge is 2.15. The number of aliphatic carboxylic acids is 1. The van der Waals surface area contributed by atoms with Crippen molar-refractivity contribution >= 4 is 5.97 Å². The lowest BCUT2D eigenvalue weighted by Gasteiger charge is -2.17. The zero-order valence-corrected chi connectivity index (χ0v) is 9.06. The maximum atomic E-state index is 10.5. The lowest BCUT2D eigenvalue weighted by molar-refractivity contribution is -0.137. The van der Waals surface area contributed by atoms with Crippen LogP contribution in [0.1, 0.15) is 12.0 Å². The van der Waals surface area contributed by atoms with Crippen LogP contribution in [-0.4, -0.2) is 35.7 Å². The molecule has 0 bridgehead atoms. The van der Waals surface area contributed by atoms with E-state index in [0.717, 1.165) is 24.4 Å². The van der Waals surface area contributed by atoms with E-state index in [0.29, 0.717) is 13.2 Å². The van der Waals surface area contributed by atoms with E-state index in [1.807, 2.05) is 24.3 Å². The van der Waals surface area contributed by atoms with E-state index in [1.54, 1.807) is 0 Å². The van der Waals surface area contributed by atoms with E-state index >= 15 is 0 Å². The molecule has 1 aromatic carbocycles. The number of hydrogen-bond acceptors (Lipinski definition) is 3. The molecule has 0 aliphatic carbocycles. The van der Waals surface area contributed by atoms with E-state index in [2.05, 4.69) is 4.90 Å². The van der Waals surface area contributed by atoms with Crippen molar-refractivity contribution in [2.45, 2.75) is 13.0 Å². The Kier molecular flexibility index (Phi) is 3.41. The first-order valence-corrected chi connectivity index (χ1v) is 5.40. The summed E-state index contributed by atoms with van der Waals surface area (Å²) in [6, 6.07) is 7.90. The van der Waals surface area contributed by atoms with E-state index in [1.165, 1.54) is 0 Å². The minimum absolute atomic E-state index is 0.183. The van der Waals surface area contributed by atoms with Crippen LogP contribution in [0, 0.1) is 0 Å². The molecule has 0 amide bonds. The van der Waals surface area contributed by atoms with Crippen LogP contribution in [0.2, 0.25) is 0 Å². The van der Waals surface area contributed by atoms with Crippen LogP contribution >= 0.6 is 0 Å². The normalized spacial score (nSPS) is 16.0. The molecule has 0 spiro atoms. The van der Waals surface area contributed by atoms with E-state index in [4.69, 9.17) is 9.84 Å². The molecule has 16 heavy (non-hydrogen) atoms. The van der Waals surface area contributed by atoms with Crippen molar-refractivity contribution in [1.82, 2.24) is 4.90 Å². The fraction of sp³-hybridized carbons (Fsp3) is 0.417. The molecule has 0 fully saturated rings. The minimum Gasteiger partial charge on any atom is -0.492 e. The van der Waals surface area contributed by atoms with Gasteiger partial charge >= 0.3 is 5.97 Å². The van der Waals surface area contributed by atoms with Crippen molar-refractivity contribution in [1.29, 1.82) is 0 Å². The number of nitrogens with zero attached hydrogens (tertiary/aromatic N) is 1. The summed E-state index contributed by atoms with van der Waals surface area (Å²) in [4.78, 5) is 12.6. The third-order valence-corrected chi connectivity index (χ3v) is 2.67. The van der Waals surface area contributed by atoms with Gasteiger partial charge in [-0.3, -0.25) is 9.69 Å². The molecule has 0 saturated carbocycles. The summed E-state index contributed by atoms with van der Waals surface area (Å²) in [5.74, 6) is 0.166. The number of rotatable bonds is 3. The van der Waals surface area contributed by atoms with Gasteiger partial charge in [-0.05, 0) is 6.07 Å². The molecule has 86 valence electrons. The van der Waals surface area contributed by atoms with Crippen LogP contribution < -0.4 is 4.74 Å². The van der Waals surface area contributed by atoms with Crippen molar-refractivity contribution in [2.24, 2.45) is 0 Å². The predicted molar refractivity (Wildman–Crippen MR) is 59.5 cm³/mol. The first-order valence-electron chi connectivity index (χ1n) is 5.40. The van der Waals surface area contributed by atoms with Gasteiger partial charge in [0.25, 0.3) is 0 Å². The molecule has 2 rings (SSSR count). The Hall–Kier alpha value is -1.55. The lowest BCUT2D eigenvalue weighted by Crippen LogP contribution is -2.28. The summed E-state index contributed by atoms with van der Waals surface area (Å²) in [7, 11) is 0. The summed E-state index contributed by atoms with van der Waals surface area (Å²) in [5, 5.41) is 8.65. The number of carboxylic acid groups (broad SMARTS) is 1. The standard InChI is InChI=1S/C12H15NO3/c14-12(15)5-6-13-7-8-16-11-4-2-1-3-10(11)9-13/h1-4H,5-9H2,(H,14,15). The highest BCUT2D eigenvalue weighted by atomic mass is 16.5. The molecule has 0 atom stereocenters. The molecule has 0 aromatic heterocycles. The van der Waals surface area contributed by atoms with Gasteiger partial charge in [0.1, 0.15) is 12.4 Å². The van der Waals surface area contributed by atoms with Crippen LogP contribution in [-0.2, 0) is 11.3 Å². The first-order chi connectivity index (χ1) is 7.75. The average molecular weight is 221 g/mol. The quantitative estimate of drug-likeness (QED) is 0.837. The van der Waals surface area contributed by atoms with Gasteiger partial charge in [0.05, 0.1) is 6.42 Å². The van der Waals surface area contributed by atoms with Gasteiger partial charge in [0, 0.05) is 25.2 Å². The summed E-state index contributed by atoms with van der Waals surface area (Å²) in [6.07, 6.45) is 0.183. The van der Waals surface area contributed by atoms with Gasteiger partial charge in [0.2, 0.25) is 0 Å². The van der Waals surface area contributed by atoms with Crippen LogP contribution in [0.25, 0.3) is 0 Å². The van der Waals surface area contributed by atoms with Crippen LogP contribution in [0.4, 0.5) is 0 Å². The second kappa shape index (κ2) is 4.99. The third kappa shape index (κ3) is 2.73. The summed E-state index contributed by atoms with van der Waals surface area (Å²) < 4.78 is 5.60. The molecule has 1 heterocycles. The first kappa shape index (κ1) is 11.0. The summed E-state index contributed by atoms with van der Waals surface area (Å²) >= 11 is 0. The lowest BCUT2D eigenvalue weighted by atomic mass is 10.2. The van der Waals surface area contributed by atoms with Gasteiger partial charge < -0.3 is 9.84 Å². The summed E-state index contributed by atoms with van der Waals surface area (Å²) in [6.45, 7) is 2.75. The molecule has 1 aromatic rings. The maximum Gasteiger partial charge on any atom is 0.304 e. The van der Waals surface area contributed by atoms with E-state index in [9.17, 15) is 4.79 Å². The Bertz CT molecular complexity index is 378. The number of para-hydroxylation sites is 1. The largest absolute Gasteiger partial charge is 0.492 e. The zero-order valence-electron chi connectivity index (χ0n) is 9.06. The van der Waals surface area contributed by atoms with Crippen LogP contribution in [0.15, 0.2) is 24.3 Å². The molecule has 0 unspecified atom stereocenters. The second-order valence-electron chi connectivity index (χ2n) is 3.88. The van der Waals surface area contributed by atoms with Gasteiger partial charge in [0.15, 0.2) is 0 Å². The molecule has 4 heteroatoms. The van der Waals surface area contributed by atoms with Gasteiger partial charge in [-0.1, -0.05) is 18.2 Å². The maximum absolute atomic E-state index is 10.5. The molecule has 1 N–H and O–H groups in total. The number of benzene rings is 1. The Labute approximate surface area is 94.4 Å². The monoisotopic (exact) mass is 221 g/mol. The Morgan fingerprint density at radius 2 is 2.25 bits per heavy atom. The number of carboxylic acids is 1. The SMILES string of the molecule is O=C(O)CCN1CCOc2ccccc2C1. The van der Waals surface area contributed by atoms with Crippen molar-refractivity contribution in [3.8, 4) is 5.75 Å². The predicted octanol–water partition coefficient (Wildman–Crippen LogP) is 1.36. The Balaban J connectivity index is 2.02. The van der Waals surface area contributed by atoms with Crippen molar-refractivity contribution in [2.75, 3.05) is 19.7 Å². The Morgan fingerprint density at radius 1 is 1.44 bits per heavy atom. The number of fused-ring (bicyclic) bond motifs is 1. The van der Waals surface area contributed by atoms with Crippen molar-refractivity contribution in [3.63, 3.8) is 0 Å². The second-order valence-corrected chi connectivity index (χ2v) is 3.88. The molecular weight excluding hydrogens is 206 g/mol. The minimum atomic E-state index is -0.751. The molecule has 0 radical (unpaired) electrons. The number of carbonyl (C=O) groups is 1. The van der Waals surface area contributed by atoms with E-state index < -0.39 is 5.97 Å². The fourth-order valence-electron chi connectivity index (χ4n) is 1.82. The smallest absolute Gasteiger partial charge is 0.304 e. The summed E-state index contributed by atoms with van der Waals surface area (Å²) in [5.41, 5.74) is 1.13. The number of ether oxygens (including phenoxy) is 1. The Morgan fingerprint density at radius 3 is 3.06 bits per heavy atom. The molecule has 4 nitrogen and oxygen atoms in total. The highest BCUT2D eigenvalue weighted by molar-refractivity contribution is 5.66. The molecular formula is C12H15NO3. The molecule has 0 saturated heterocycles. The number of hydrogen-bond donors (Lipinski definition) is 1. The molecule has 1 aliphatic rings. The van der Waals surface area contributed by atoms with Crippen molar-refractivity contribution < 1.29 is 14.6 Å². The van der Waals surface area contributed by atoms with Gasteiger partial charge in [-0.15, -0.1) is 0 Å². The average Bonchev–Trinajstić information content (AvgIpc) is 2.47.